The summed E-state index contributed by atoms with van der Waals surface area (Å²) in [5.74, 6) is 0. The number of nitrogens with zero attached hydrogens (tertiary/aromatic N) is 6. The van der Waals surface area contributed by atoms with Crippen molar-refractivity contribution in [3.63, 3.8) is 0 Å². The highest BCUT2D eigenvalue weighted by Crippen LogP contribution is 2.33. The fourth-order valence-corrected chi connectivity index (χ4v) is 3.78. The van der Waals surface area contributed by atoms with Crippen LogP contribution >= 0.6 is 0 Å². The van der Waals surface area contributed by atoms with Gasteiger partial charge in [0.05, 0.1) is 18.9 Å². The molecule has 2 atom stereocenters. The van der Waals surface area contributed by atoms with Gasteiger partial charge in [0, 0.05) is 44.5 Å². The predicted octanol–water partition coefficient (Wildman–Crippen LogP) is 1.65. The Morgan fingerprint density at radius 3 is 2.36 bits per heavy atom. The molecule has 3 fully saturated rings. The van der Waals surface area contributed by atoms with Gasteiger partial charge in [-0.05, 0) is 18.1 Å². The standard InChI is InChI=1S/C16H19F3N6/c17-16(18,19)15-2-1-12(8-20-15)9-23-10-13-7-14(11-23)24(13)5-6-25-21-3-4-22-25/h1-4,8,13-14H,5-7,9-11H2. The molecule has 0 N–H and O–H groups in total. The lowest BCUT2D eigenvalue weighted by molar-refractivity contribution is -0.141. The van der Waals surface area contributed by atoms with Gasteiger partial charge in [-0.25, -0.2) is 0 Å². The van der Waals surface area contributed by atoms with Crippen molar-refractivity contribution in [2.75, 3.05) is 19.6 Å². The fourth-order valence-electron chi connectivity index (χ4n) is 3.78. The molecular formula is C16H19F3N6. The van der Waals surface area contributed by atoms with E-state index in [1.165, 1.54) is 18.7 Å². The maximum Gasteiger partial charge on any atom is 0.433 e. The van der Waals surface area contributed by atoms with E-state index in [4.69, 9.17) is 0 Å². The van der Waals surface area contributed by atoms with Gasteiger partial charge in [-0.3, -0.25) is 14.8 Å². The van der Waals surface area contributed by atoms with Crippen LogP contribution in [0.4, 0.5) is 13.2 Å². The summed E-state index contributed by atoms with van der Waals surface area (Å²) < 4.78 is 37.7. The van der Waals surface area contributed by atoms with Crippen LogP contribution in [0.2, 0.25) is 0 Å². The van der Waals surface area contributed by atoms with Crippen molar-refractivity contribution >= 4 is 0 Å². The molecule has 6 nitrogen and oxygen atoms in total. The molecule has 3 aliphatic rings. The molecule has 0 saturated carbocycles. The zero-order valence-corrected chi connectivity index (χ0v) is 13.6. The number of hydrogen-bond acceptors (Lipinski definition) is 5. The minimum atomic E-state index is -4.38. The second-order valence-corrected chi connectivity index (χ2v) is 6.65. The van der Waals surface area contributed by atoms with Crippen molar-refractivity contribution in [2.45, 2.75) is 37.8 Å². The maximum absolute atomic E-state index is 12.6. The first-order chi connectivity index (χ1) is 12.0. The highest BCUT2D eigenvalue weighted by atomic mass is 19.4. The third-order valence-corrected chi connectivity index (χ3v) is 4.97. The Kier molecular flexibility index (Phi) is 4.20. The first-order valence-electron chi connectivity index (χ1n) is 8.33. The summed E-state index contributed by atoms with van der Waals surface area (Å²) in [4.78, 5) is 10.0. The van der Waals surface area contributed by atoms with Crippen LogP contribution < -0.4 is 0 Å². The smallest absolute Gasteiger partial charge is 0.296 e. The zero-order chi connectivity index (χ0) is 17.4. The van der Waals surface area contributed by atoms with Crippen LogP contribution in [0.15, 0.2) is 30.7 Å². The van der Waals surface area contributed by atoms with Gasteiger partial charge in [0.2, 0.25) is 0 Å². The number of rotatable bonds is 5. The van der Waals surface area contributed by atoms with Gasteiger partial charge < -0.3 is 0 Å². The summed E-state index contributed by atoms with van der Waals surface area (Å²) in [5, 5.41) is 8.23. The molecule has 3 saturated heterocycles. The molecule has 0 aliphatic carbocycles. The van der Waals surface area contributed by atoms with Crippen molar-refractivity contribution in [1.29, 1.82) is 0 Å². The number of pyridine rings is 1. The summed E-state index contributed by atoms with van der Waals surface area (Å²) in [7, 11) is 0. The van der Waals surface area contributed by atoms with E-state index in [-0.39, 0.29) is 0 Å². The minimum absolute atomic E-state index is 0.511. The number of piperidine rings is 1. The van der Waals surface area contributed by atoms with Crippen LogP contribution in [0.3, 0.4) is 0 Å². The van der Waals surface area contributed by atoms with Gasteiger partial charge in [0.1, 0.15) is 5.69 Å². The van der Waals surface area contributed by atoms with E-state index in [2.05, 4.69) is 25.0 Å². The topological polar surface area (TPSA) is 50.1 Å². The maximum atomic E-state index is 12.6. The molecule has 0 radical (unpaired) electrons. The molecule has 0 amide bonds. The van der Waals surface area contributed by atoms with Gasteiger partial charge in [-0.2, -0.15) is 28.2 Å². The number of piperazine rings is 1. The van der Waals surface area contributed by atoms with Crippen molar-refractivity contribution < 1.29 is 13.2 Å². The van der Waals surface area contributed by atoms with E-state index >= 15 is 0 Å². The molecule has 5 heterocycles. The Balaban J connectivity index is 1.29. The fraction of sp³-hybridized carbons (Fsp3) is 0.562. The van der Waals surface area contributed by atoms with Crippen LogP contribution in [0.5, 0.6) is 0 Å². The van der Waals surface area contributed by atoms with Gasteiger partial charge in [0.25, 0.3) is 0 Å². The summed E-state index contributed by atoms with van der Waals surface area (Å²) in [6.45, 7) is 4.23. The van der Waals surface area contributed by atoms with E-state index < -0.39 is 11.9 Å². The average molecular weight is 352 g/mol. The van der Waals surface area contributed by atoms with Gasteiger partial charge >= 0.3 is 6.18 Å². The second kappa shape index (κ2) is 6.38. The van der Waals surface area contributed by atoms with Crippen LogP contribution in [-0.2, 0) is 19.3 Å². The molecule has 25 heavy (non-hydrogen) atoms. The molecular weight excluding hydrogens is 333 g/mol. The Labute approximate surface area is 143 Å². The van der Waals surface area contributed by atoms with Gasteiger partial charge in [-0.1, -0.05) is 6.07 Å². The van der Waals surface area contributed by atoms with E-state index in [1.54, 1.807) is 17.2 Å². The molecule has 2 aromatic rings. The van der Waals surface area contributed by atoms with Crippen molar-refractivity contribution in [1.82, 2.24) is 29.8 Å². The van der Waals surface area contributed by atoms with E-state index in [1.807, 2.05) is 0 Å². The zero-order valence-electron chi connectivity index (χ0n) is 13.6. The molecule has 2 aromatic heterocycles. The summed E-state index contributed by atoms with van der Waals surface area (Å²) in [6.07, 6.45) is 1.50. The molecule has 134 valence electrons. The summed E-state index contributed by atoms with van der Waals surface area (Å²) in [5.41, 5.74) is -0.0160. The SMILES string of the molecule is FC(F)(F)c1ccc(CN2CC3CC(C2)N3CCn2nccn2)cn1. The van der Waals surface area contributed by atoms with E-state index in [0.29, 0.717) is 18.6 Å². The Hall–Kier alpha value is -2.00. The molecule has 9 heteroatoms. The summed E-state index contributed by atoms with van der Waals surface area (Å²) in [6, 6.07) is 3.61. The number of hydrogen-bond donors (Lipinski definition) is 0. The van der Waals surface area contributed by atoms with Gasteiger partial charge in [-0.15, -0.1) is 0 Å². The molecule has 2 bridgehead atoms. The van der Waals surface area contributed by atoms with Crippen molar-refractivity contribution in [3.05, 3.63) is 42.0 Å². The molecule has 5 rings (SSSR count). The Bertz CT molecular complexity index is 688. The predicted molar refractivity (Wildman–Crippen MR) is 83.4 cm³/mol. The van der Waals surface area contributed by atoms with Crippen molar-refractivity contribution in [2.24, 2.45) is 0 Å². The average Bonchev–Trinajstić information content (AvgIpc) is 3.08. The van der Waals surface area contributed by atoms with Crippen LogP contribution in [0.1, 0.15) is 17.7 Å². The second-order valence-electron chi connectivity index (χ2n) is 6.65. The lowest BCUT2D eigenvalue weighted by Crippen LogP contribution is -2.68. The minimum Gasteiger partial charge on any atom is -0.296 e. The van der Waals surface area contributed by atoms with Crippen LogP contribution in [-0.4, -0.2) is 61.5 Å². The number of fused-ring (bicyclic) bond motifs is 2. The monoisotopic (exact) mass is 352 g/mol. The third-order valence-electron chi connectivity index (χ3n) is 4.97. The van der Waals surface area contributed by atoms with Crippen LogP contribution in [0, 0.1) is 0 Å². The first kappa shape index (κ1) is 16.5. The molecule has 3 aliphatic heterocycles. The lowest BCUT2D eigenvalue weighted by Gasteiger charge is -2.56. The normalized spacial score (nSPS) is 24.3. The van der Waals surface area contributed by atoms with E-state index in [0.717, 1.165) is 37.8 Å². The van der Waals surface area contributed by atoms with Crippen molar-refractivity contribution in [3.8, 4) is 0 Å². The molecule has 2 unspecified atom stereocenters. The number of alkyl halides is 3. The highest BCUT2D eigenvalue weighted by molar-refractivity contribution is 5.16. The summed E-state index contributed by atoms with van der Waals surface area (Å²) >= 11 is 0. The molecule has 0 spiro atoms. The van der Waals surface area contributed by atoms with Gasteiger partial charge in [0.15, 0.2) is 0 Å². The Morgan fingerprint density at radius 1 is 1.04 bits per heavy atom. The Morgan fingerprint density at radius 2 is 1.76 bits per heavy atom. The van der Waals surface area contributed by atoms with Crippen LogP contribution in [0.25, 0.3) is 0 Å². The number of halogens is 3. The number of aromatic nitrogens is 4. The quantitative estimate of drug-likeness (QED) is 0.819. The molecule has 0 aromatic carbocycles. The highest BCUT2D eigenvalue weighted by Gasteiger charge is 2.44. The lowest BCUT2D eigenvalue weighted by atomic mass is 9.87. The van der Waals surface area contributed by atoms with E-state index in [9.17, 15) is 13.2 Å². The first-order valence-corrected chi connectivity index (χ1v) is 8.33. The third kappa shape index (κ3) is 3.52. The largest absolute Gasteiger partial charge is 0.433 e.